The predicted molar refractivity (Wildman–Crippen MR) is 108 cm³/mol. The maximum absolute atomic E-state index is 12.8. The molecule has 156 valence electrons. The first kappa shape index (κ1) is 19.7. The molecule has 8 heteroatoms. The van der Waals surface area contributed by atoms with E-state index in [0.717, 1.165) is 10.9 Å². The number of aromatic nitrogens is 2. The fourth-order valence-corrected chi connectivity index (χ4v) is 3.64. The Morgan fingerprint density at radius 1 is 1.21 bits per heavy atom. The van der Waals surface area contributed by atoms with E-state index in [4.69, 9.17) is 9.47 Å². The summed E-state index contributed by atoms with van der Waals surface area (Å²) in [5.41, 5.74) is 1.07. The average Bonchev–Trinajstić information content (AvgIpc) is 3.02. The van der Waals surface area contributed by atoms with Gasteiger partial charge >= 0.3 is 6.09 Å². The van der Waals surface area contributed by atoms with E-state index in [1.165, 1.54) is 0 Å². The number of likely N-dealkylation sites (tertiary alicyclic amines) is 1. The standard InChI is InChI=1S/C21H28N4O4/c1-21(2,3)29-20(27)24-8-6-16(7-9-24)23-19(26)14-4-5-15-11-22-25(18(15)10-14)17-12-28-13-17/h4-5,10-11,16-17H,6-9,12-13H2,1-3H3,(H,23,26). The minimum atomic E-state index is -0.501. The van der Waals surface area contributed by atoms with E-state index in [1.807, 2.05) is 49.8 Å². The summed E-state index contributed by atoms with van der Waals surface area (Å²) in [6, 6.07) is 5.94. The van der Waals surface area contributed by atoms with Crippen LogP contribution >= 0.6 is 0 Å². The summed E-state index contributed by atoms with van der Waals surface area (Å²) in [6.45, 7) is 8.05. The number of amides is 2. The monoisotopic (exact) mass is 400 g/mol. The average molecular weight is 400 g/mol. The summed E-state index contributed by atoms with van der Waals surface area (Å²) in [7, 11) is 0. The Labute approximate surface area is 170 Å². The van der Waals surface area contributed by atoms with Crippen LogP contribution in [0.5, 0.6) is 0 Å². The molecule has 2 aromatic rings. The van der Waals surface area contributed by atoms with Crippen LogP contribution in [0.2, 0.25) is 0 Å². The van der Waals surface area contributed by atoms with Gasteiger partial charge in [-0.1, -0.05) is 6.07 Å². The maximum Gasteiger partial charge on any atom is 0.410 e. The van der Waals surface area contributed by atoms with Crippen LogP contribution < -0.4 is 5.32 Å². The molecule has 4 rings (SSSR count). The Kier molecular flexibility index (Phi) is 5.21. The second kappa shape index (κ2) is 7.67. The van der Waals surface area contributed by atoms with Crippen molar-refractivity contribution in [1.82, 2.24) is 20.0 Å². The van der Waals surface area contributed by atoms with Gasteiger partial charge in [-0.3, -0.25) is 9.48 Å². The van der Waals surface area contributed by atoms with Gasteiger partial charge in [0.05, 0.1) is 31.0 Å². The number of fused-ring (bicyclic) bond motifs is 1. The molecule has 0 unspecified atom stereocenters. The molecule has 2 amide bonds. The molecule has 1 aromatic heterocycles. The minimum Gasteiger partial charge on any atom is -0.444 e. The molecule has 0 radical (unpaired) electrons. The molecule has 0 aliphatic carbocycles. The molecular weight excluding hydrogens is 372 g/mol. The summed E-state index contributed by atoms with van der Waals surface area (Å²) in [5, 5.41) is 8.56. The lowest BCUT2D eigenvalue weighted by molar-refractivity contribution is -0.0266. The number of ether oxygens (including phenoxy) is 2. The fraction of sp³-hybridized carbons (Fsp3) is 0.571. The van der Waals surface area contributed by atoms with Crippen LogP contribution in [0.3, 0.4) is 0 Å². The van der Waals surface area contributed by atoms with Crippen molar-refractivity contribution < 1.29 is 19.1 Å². The summed E-state index contributed by atoms with van der Waals surface area (Å²) in [4.78, 5) is 26.7. The summed E-state index contributed by atoms with van der Waals surface area (Å²) >= 11 is 0. The smallest absolute Gasteiger partial charge is 0.410 e. The third-order valence-electron chi connectivity index (χ3n) is 5.31. The Hall–Kier alpha value is -2.61. The van der Waals surface area contributed by atoms with Crippen molar-refractivity contribution in [2.75, 3.05) is 26.3 Å². The molecule has 0 atom stereocenters. The number of benzene rings is 1. The van der Waals surface area contributed by atoms with Gasteiger partial charge in [0, 0.05) is 30.1 Å². The lowest BCUT2D eigenvalue weighted by Gasteiger charge is -2.33. The third kappa shape index (κ3) is 4.37. The van der Waals surface area contributed by atoms with Gasteiger partial charge in [-0.25, -0.2) is 4.79 Å². The summed E-state index contributed by atoms with van der Waals surface area (Å²) < 4.78 is 12.6. The van der Waals surface area contributed by atoms with Crippen LogP contribution in [0.4, 0.5) is 4.79 Å². The third-order valence-corrected chi connectivity index (χ3v) is 5.31. The van der Waals surface area contributed by atoms with Crippen LogP contribution in [-0.2, 0) is 9.47 Å². The zero-order valence-corrected chi connectivity index (χ0v) is 17.2. The number of carbonyl (C=O) groups excluding carboxylic acids is 2. The topological polar surface area (TPSA) is 85.7 Å². The van der Waals surface area contributed by atoms with Crippen LogP contribution in [0.25, 0.3) is 10.9 Å². The lowest BCUT2D eigenvalue weighted by atomic mass is 10.0. The molecule has 0 bridgehead atoms. The molecule has 2 aliphatic heterocycles. The number of hydrogen-bond donors (Lipinski definition) is 1. The highest BCUT2D eigenvalue weighted by Gasteiger charge is 2.28. The van der Waals surface area contributed by atoms with Gasteiger partial charge < -0.3 is 19.7 Å². The zero-order chi connectivity index (χ0) is 20.6. The molecule has 3 heterocycles. The Balaban J connectivity index is 1.36. The van der Waals surface area contributed by atoms with E-state index in [-0.39, 0.29) is 24.1 Å². The van der Waals surface area contributed by atoms with Gasteiger partial charge in [0.1, 0.15) is 5.60 Å². The second-order valence-corrected chi connectivity index (χ2v) is 8.77. The maximum atomic E-state index is 12.8. The number of nitrogens with zero attached hydrogens (tertiary/aromatic N) is 3. The van der Waals surface area contributed by atoms with Crippen molar-refractivity contribution in [2.45, 2.75) is 51.3 Å². The number of piperidine rings is 1. The van der Waals surface area contributed by atoms with Crippen LogP contribution in [0, 0.1) is 0 Å². The Morgan fingerprint density at radius 2 is 1.93 bits per heavy atom. The molecule has 2 aliphatic rings. The highest BCUT2D eigenvalue weighted by atomic mass is 16.6. The molecule has 2 fully saturated rings. The molecule has 8 nitrogen and oxygen atoms in total. The highest BCUT2D eigenvalue weighted by Crippen LogP contribution is 2.24. The minimum absolute atomic E-state index is 0.0434. The zero-order valence-electron chi connectivity index (χ0n) is 17.2. The van der Waals surface area contributed by atoms with Crippen molar-refractivity contribution in [1.29, 1.82) is 0 Å². The van der Waals surface area contributed by atoms with Gasteiger partial charge in [0.15, 0.2) is 0 Å². The lowest BCUT2D eigenvalue weighted by Crippen LogP contribution is -2.47. The molecular formula is C21H28N4O4. The van der Waals surface area contributed by atoms with E-state index < -0.39 is 5.60 Å². The first-order valence-corrected chi connectivity index (χ1v) is 10.1. The predicted octanol–water partition coefficient (Wildman–Crippen LogP) is 2.74. The number of rotatable bonds is 3. The van der Waals surface area contributed by atoms with Gasteiger partial charge in [-0.2, -0.15) is 5.10 Å². The van der Waals surface area contributed by atoms with E-state index in [9.17, 15) is 9.59 Å². The van der Waals surface area contributed by atoms with E-state index in [0.29, 0.717) is 44.7 Å². The Morgan fingerprint density at radius 3 is 2.55 bits per heavy atom. The molecule has 1 aromatic carbocycles. The number of hydrogen-bond acceptors (Lipinski definition) is 5. The van der Waals surface area contributed by atoms with E-state index in [2.05, 4.69) is 10.4 Å². The fourth-order valence-electron chi connectivity index (χ4n) is 3.64. The van der Waals surface area contributed by atoms with Crippen molar-refractivity contribution in [3.63, 3.8) is 0 Å². The van der Waals surface area contributed by atoms with Crippen molar-refractivity contribution in [2.24, 2.45) is 0 Å². The summed E-state index contributed by atoms with van der Waals surface area (Å²) in [5.74, 6) is -0.0970. The van der Waals surface area contributed by atoms with Gasteiger partial charge in [0.25, 0.3) is 5.91 Å². The SMILES string of the molecule is CC(C)(C)OC(=O)N1CCC(NC(=O)c2ccc3cnn(C4COC4)c3c2)CC1. The molecule has 0 spiro atoms. The van der Waals surface area contributed by atoms with Gasteiger partial charge in [-0.15, -0.1) is 0 Å². The van der Waals surface area contributed by atoms with E-state index in [1.54, 1.807) is 4.90 Å². The van der Waals surface area contributed by atoms with Crippen LogP contribution in [-0.4, -0.2) is 64.6 Å². The van der Waals surface area contributed by atoms with Crippen LogP contribution in [0.15, 0.2) is 24.4 Å². The van der Waals surface area contributed by atoms with Crippen molar-refractivity contribution in [3.05, 3.63) is 30.0 Å². The quantitative estimate of drug-likeness (QED) is 0.856. The molecule has 29 heavy (non-hydrogen) atoms. The van der Waals surface area contributed by atoms with Crippen LogP contribution in [0.1, 0.15) is 50.0 Å². The van der Waals surface area contributed by atoms with E-state index >= 15 is 0 Å². The molecule has 2 saturated heterocycles. The summed E-state index contributed by atoms with van der Waals surface area (Å²) in [6.07, 6.45) is 2.96. The van der Waals surface area contributed by atoms with Gasteiger partial charge in [0.2, 0.25) is 0 Å². The molecule has 1 N–H and O–H groups in total. The number of nitrogens with one attached hydrogen (secondary N) is 1. The second-order valence-electron chi connectivity index (χ2n) is 8.77. The first-order chi connectivity index (χ1) is 13.8. The van der Waals surface area contributed by atoms with Crippen molar-refractivity contribution in [3.8, 4) is 0 Å². The number of carbonyl (C=O) groups is 2. The first-order valence-electron chi connectivity index (χ1n) is 10.1. The van der Waals surface area contributed by atoms with Crippen molar-refractivity contribution >= 4 is 22.9 Å². The normalized spacial score (nSPS) is 18.5. The largest absolute Gasteiger partial charge is 0.444 e. The highest BCUT2D eigenvalue weighted by molar-refractivity contribution is 5.98. The Bertz CT molecular complexity index is 905. The van der Waals surface area contributed by atoms with Gasteiger partial charge in [-0.05, 0) is 45.7 Å². The molecule has 0 saturated carbocycles.